The molecule has 1 aliphatic heterocycles. The molecule has 3 fully saturated rings. The summed E-state index contributed by atoms with van der Waals surface area (Å²) >= 11 is 0. The number of carbonyl (C=O) groups is 1. The average molecular weight is 403 g/mol. The van der Waals surface area contributed by atoms with Crippen molar-refractivity contribution in [2.75, 3.05) is 27.3 Å². The van der Waals surface area contributed by atoms with Crippen molar-refractivity contribution in [3.05, 3.63) is 23.3 Å². The molecule has 1 unspecified atom stereocenters. The van der Waals surface area contributed by atoms with Gasteiger partial charge in [0.05, 0.1) is 20.3 Å². The number of fused-ring (bicyclic) bond motifs is 4. The summed E-state index contributed by atoms with van der Waals surface area (Å²) in [7, 11) is 3.38. The van der Waals surface area contributed by atoms with Crippen molar-refractivity contribution in [2.24, 2.45) is 11.8 Å². The van der Waals surface area contributed by atoms with Gasteiger partial charge in [-0.15, -0.1) is 0 Å². The molecule has 5 rings (SSSR count). The summed E-state index contributed by atoms with van der Waals surface area (Å²) in [5.74, 6) is 3.52. The third-order valence-electron chi connectivity index (χ3n) is 8.40. The summed E-state index contributed by atoms with van der Waals surface area (Å²) in [5.41, 5.74) is 2.71. The van der Waals surface area contributed by atoms with Gasteiger partial charge in [0.15, 0.2) is 11.5 Å². The van der Waals surface area contributed by atoms with Gasteiger partial charge in [0.1, 0.15) is 0 Å². The van der Waals surface area contributed by atoms with E-state index in [-0.39, 0.29) is 20.2 Å². The van der Waals surface area contributed by atoms with Crippen LogP contribution in [0.2, 0.25) is 0 Å². The van der Waals surface area contributed by atoms with Gasteiger partial charge in [-0.05, 0) is 86.7 Å². The second-order valence-corrected chi connectivity index (χ2v) is 9.81. The van der Waals surface area contributed by atoms with E-state index in [2.05, 4.69) is 22.3 Å². The van der Waals surface area contributed by atoms with Crippen LogP contribution in [0.3, 0.4) is 0 Å². The lowest BCUT2D eigenvalue weighted by Crippen LogP contribution is -2.48. The van der Waals surface area contributed by atoms with Crippen molar-refractivity contribution in [1.82, 2.24) is 10.2 Å². The number of rotatable bonds is 4. The smallest absolute Gasteiger partial charge is 0.217 e. The summed E-state index contributed by atoms with van der Waals surface area (Å²) in [5, 5.41) is 3.20. The number of hydrogen-bond acceptors (Lipinski definition) is 4. The molecular weight excluding hydrogens is 364 g/mol. The zero-order valence-corrected chi connectivity index (χ0v) is 18.0. The van der Waals surface area contributed by atoms with Gasteiger partial charge >= 0.3 is 0 Å². The number of hydrogen-bond donors (Lipinski definition) is 1. The van der Waals surface area contributed by atoms with Gasteiger partial charge < -0.3 is 19.7 Å². The van der Waals surface area contributed by atoms with Crippen molar-refractivity contribution in [1.29, 1.82) is 0 Å². The zero-order chi connectivity index (χ0) is 20.2. The first kappa shape index (κ1) is 19.2. The minimum Gasteiger partial charge on any atom is -0.493 e. The second kappa shape index (κ2) is 7.19. The molecule has 5 heteroatoms. The Balaban J connectivity index is 0.00000136. The lowest BCUT2D eigenvalue weighted by molar-refractivity contribution is -0.119. The molecule has 1 heterocycles. The topological polar surface area (TPSA) is 50.8 Å². The molecule has 29 heavy (non-hydrogen) atoms. The van der Waals surface area contributed by atoms with Crippen LogP contribution in [0.5, 0.6) is 11.5 Å². The van der Waals surface area contributed by atoms with E-state index >= 15 is 0 Å². The van der Waals surface area contributed by atoms with Crippen molar-refractivity contribution >= 4 is 5.91 Å². The highest BCUT2D eigenvalue weighted by atomic mass is 16.5. The minimum atomic E-state index is 0. The van der Waals surface area contributed by atoms with Crippen molar-refractivity contribution in [3.63, 3.8) is 0 Å². The number of methoxy groups -OCH3 is 2. The first-order valence-corrected chi connectivity index (χ1v) is 11.3. The Morgan fingerprint density at radius 1 is 1.14 bits per heavy atom. The van der Waals surface area contributed by atoms with Gasteiger partial charge in [0.25, 0.3) is 0 Å². The predicted molar refractivity (Wildman–Crippen MR) is 117 cm³/mol. The van der Waals surface area contributed by atoms with Gasteiger partial charge in [-0.2, -0.15) is 0 Å². The van der Waals surface area contributed by atoms with Crippen LogP contribution in [0, 0.1) is 11.8 Å². The molecule has 1 aromatic carbocycles. The molecule has 1 saturated heterocycles. The van der Waals surface area contributed by atoms with Crippen molar-refractivity contribution < 1.29 is 17.1 Å². The summed E-state index contributed by atoms with van der Waals surface area (Å²) < 4.78 is 11.2. The Morgan fingerprint density at radius 2 is 1.86 bits per heavy atom. The summed E-state index contributed by atoms with van der Waals surface area (Å²) in [6.45, 7) is 3.96. The average Bonchev–Trinajstić information content (AvgIpc) is 3.42. The van der Waals surface area contributed by atoms with Gasteiger partial charge in [0.2, 0.25) is 5.91 Å². The van der Waals surface area contributed by atoms with Crippen LogP contribution < -0.4 is 14.8 Å². The summed E-state index contributed by atoms with van der Waals surface area (Å²) in [6.07, 6.45) is 9.12. The Bertz CT molecular complexity index is 810. The number of ether oxygens (including phenoxy) is 2. The molecule has 1 aromatic rings. The normalized spacial score (nSPS) is 32.4. The quantitative estimate of drug-likeness (QED) is 0.816. The van der Waals surface area contributed by atoms with Gasteiger partial charge in [-0.3, -0.25) is 4.79 Å². The van der Waals surface area contributed by atoms with Crippen molar-refractivity contribution in [2.45, 2.75) is 69.4 Å². The molecule has 2 bridgehead atoms. The fourth-order valence-electron chi connectivity index (χ4n) is 7.04. The monoisotopic (exact) mass is 402 g/mol. The number of likely N-dealkylation sites (tertiary alicyclic amines) is 1. The number of piperidine rings is 1. The number of nitrogens with zero attached hydrogens (tertiary/aromatic N) is 1. The summed E-state index contributed by atoms with van der Waals surface area (Å²) in [4.78, 5) is 14.7. The van der Waals surface area contributed by atoms with Gasteiger partial charge in [-0.25, -0.2) is 0 Å². The largest absolute Gasteiger partial charge is 0.493 e. The Kier molecular flexibility index (Phi) is 4.77. The molecule has 4 aliphatic rings. The molecule has 1 amide bonds. The van der Waals surface area contributed by atoms with Crippen LogP contribution >= 0.6 is 0 Å². The fraction of sp³-hybridized carbons (Fsp3) is 0.708. The van der Waals surface area contributed by atoms with Crippen LogP contribution in [-0.4, -0.2) is 44.2 Å². The maximum atomic E-state index is 11.9. The van der Waals surface area contributed by atoms with Gasteiger partial charge in [-0.1, -0.05) is 6.42 Å². The van der Waals surface area contributed by atoms with E-state index in [4.69, 9.17) is 9.47 Å². The van der Waals surface area contributed by atoms with Crippen LogP contribution in [0.25, 0.3) is 0 Å². The van der Waals surface area contributed by atoms with E-state index in [1.807, 2.05) is 0 Å². The molecule has 1 N–H and O–H groups in total. The van der Waals surface area contributed by atoms with Gasteiger partial charge in [0, 0.05) is 21.2 Å². The van der Waals surface area contributed by atoms with E-state index in [1.165, 1.54) is 62.7 Å². The molecule has 0 radical (unpaired) electrons. The highest BCUT2D eigenvalue weighted by molar-refractivity contribution is 5.74. The maximum absolute atomic E-state index is 11.9. The maximum Gasteiger partial charge on any atom is 0.217 e. The third-order valence-corrected chi connectivity index (χ3v) is 8.40. The van der Waals surface area contributed by atoms with E-state index in [9.17, 15) is 4.79 Å². The SMILES string of the molecule is COc1cc2c(cc1OC)C1(CCN([C@H]3CC4CC[C@@H]3C4)CC1)C[C@@H]2NC(C)=O.[HH].[HH]. The Morgan fingerprint density at radius 3 is 2.45 bits per heavy atom. The minimum absolute atomic E-state index is 0. The highest BCUT2D eigenvalue weighted by Crippen LogP contribution is 2.55. The lowest BCUT2D eigenvalue weighted by atomic mass is 9.73. The molecule has 2 saturated carbocycles. The molecule has 162 valence electrons. The van der Waals surface area contributed by atoms with Crippen molar-refractivity contribution in [3.8, 4) is 11.5 Å². The number of benzene rings is 1. The predicted octanol–water partition coefficient (Wildman–Crippen LogP) is 4.30. The number of nitrogens with one attached hydrogen (secondary N) is 1. The Labute approximate surface area is 177 Å². The molecule has 5 nitrogen and oxygen atoms in total. The molecule has 1 spiro atoms. The first-order valence-electron chi connectivity index (χ1n) is 11.3. The Hall–Kier alpha value is -1.75. The van der Waals surface area contributed by atoms with Crippen LogP contribution in [0.1, 0.15) is 71.9 Å². The number of amides is 1. The highest BCUT2D eigenvalue weighted by Gasteiger charge is 2.49. The van der Waals surface area contributed by atoms with Crippen LogP contribution in [0.15, 0.2) is 12.1 Å². The number of carbonyl (C=O) groups excluding carboxylic acids is 1. The molecular formula is C24H38N2O3. The van der Waals surface area contributed by atoms with E-state index in [1.54, 1.807) is 21.1 Å². The zero-order valence-electron chi connectivity index (χ0n) is 18.0. The first-order chi connectivity index (χ1) is 14.0. The summed E-state index contributed by atoms with van der Waals surface area (Å²) in [6, 6.07) is 5.16. The van der Waals surface area contributed by atoms with E-state index in [0.29, 0.717) is 0 Å². The molecule has 0 aromatic heterocycles. The second-order valence-electron chi connectivity index (χ2n) is 9.81. The molecule has 3 aliphatic carbocycles. The standard InChI is InChI=1S/C24H34N2O3.2H2/c1-15(27)25-20-14-24(19-13-23(29-3)22(28-2)12-18(19)20)6-8-26(9-7-24)21-11-16-4-5-17(21)10-16;;/h12-13,16-17,20-21H,4-11,14H2,1-3H3,(H,25,27);2*1H/t16?,17-,20+,21+;;/m1../s1. The lowest BCUT2D eigenvalue weighted by Gasteiger charge is -2.44. The van der Waals surface area contributed by atoms with E-state index < -0.39 is 0 Å². The fourth-order valence-corrected chi connectivity index (χ4v) is 7.04. The van der Waals surface area contributed by atoms with Crippen LogP contribution in [0.4, 0.5) is 0 Å². The van der Waals surface area contributed by atoms with Crippen LogP contribution in [-0.2, 0) is 10.2 Å². The molecule has 4 atom stereocenters. The van der Waals surface area contributed by atoms with E-state index in [0.717, 1.165) is 35.8 Å². The third kappa shape index (κ3) is 3.13.